The number of halogens is 2. The summed E-state index contributed by atoms with van der Waals surface area (Å²) in [7, 11) is 0. The van der Waals surface area contributed by atoms with Crippen molar-refractivity contribution in [3.05, 3.63) is 29.8 Å². The summed E-state index contributed by atoms with van der Waals surface area (Å²) < 4.78 is 25.0. The van der Waals surface area contributed by atoms with Crippen LogP contribution in [0.3, 0.4) is 0 Å². The summed E-state index contributed by atoms with van der Waals surface area (Å²) in [5.41, 5.74) is 0.189. The molecule has 0 aliphatic rings. The van der Waals surface area contributed by atoms with Gasteiger partial charge in [-0.1, -0.05) is 19.1 Å². The van der Waals surface area contributed by atoms with E-state index in [4.69, 9.17) is 0 Å². The minimum atomic E-state index is -2.56. The Morgan fingerprint density at radius 3 is 2.65 bits per heavy atom. The van der Waals surface area contributed by atoms with Crippen LogP contribution in [0.15, 0.2) is 24.3 Å². The molecule has 0 unspecified atom stereocenters. The molecule has 0 saturated heterocycles. The van der Waals surface area contributed by atoms with Gasteiger partial charge in [-0.05, 0) is 31.4 Å². The number of aliphatic hydroxyl groups excluding tert-OH is 1. The van der Waals surface area contributed by atoms with Gasteiger partial charge in [0, 0.05) is 17.8 Å². The molecule has 0 heterocycles. The van der Waals surface area contributed by atoms with Gasteiger partial charge < -0.3 is 15.7 Å². The quantitative estimate of drug-likeness (QED) is 0.752. The molecule has 6 heteroatoms. The van der Waals surface area contributed by atoms with Gasteiger partial charge in [-0.25, -0.2) is 13.6 Å². The molecule has 1 rings (SSSR count). The topological polar surface area (TPSA) is 61.4 Å². The minimum absolute atomic E-state index is 0.133. The Hall–Kier alpha value is -1.69. The highest BCUT2D eigenvalue weighted by molar-refractivity contribution is 5.89. The van der Waals surface area contributed by atoms with E-state index in [2.05, 4.69) is 10.6 Å². The van der Waals surface area contributed by atoms with E-state index in [9.17, 15) is 18.7 Å². The third-order valence-electron chi connectivity index (χ3n) is 2.75. The van der Waals surface area contributed by atoms with Crippen LogP contribution in [0.25, 0.3) is 0 Å². The summed E-state index contributed by atoms with van der Waals surface area (Å²) in [5, 5.41) is 14.3. The monoisotopic (exact) mass is 286 g/mol. The van der Waals surface area contributed by atoms with Gasteiger partial charge in [0.25, 0.3) is 6.43 Å². The second-order valence-corrected chi connectivity index (χ2v) is 4.95. The molecule has 3 N–H and O–H groups in total. The van der Waals surface area contributed by atoms with E-state index < -0.39 is 18.6 Å². The van der Waals surface area contributed by atoms with Crippen LogP contribution in [0.5, 0.6) is 0 Å². The van der Waals surface area contributed by atoms with Crippen LogP contribution in [0.1, 0.15) is 32.3 Å². The molecule has 4 nitrogen and oxygen atoms in total. The molecular formula is C14H20F2N2O2. The molecule has 2 amide bonds. The minimum Gasteiger partial charge on any atom is -0.393 e. The van der Waals surface area contributed by atoms with Gasteiger partial charge in [-0.15, -0.1) is 0 Å². The first-order chi connectivity index (χ1) is 9.38. The fraction of sp³-hybridized carbons (Fsp3) is 0.500. The van der Waals surface area contributed by atoms with E-state index >= 15 is 0 Å². The van der Waals surface area contributed by atoms with Crippen molar-refractivity contribution in [1.82, 2.24) is 5.32 Å². The van der Waals surface area contributed by atoms with E-state index in [1.807, 2.05) is 6.92 Å². The number of rotatable bonds is 6. The number of carbonyl (C=O) groups is 1. The molecule has 0 saturated carbocycles. The summed E-state index contributed by atoms with van der Waals surface area (Å²) in [6.07, 6.45) is -2.40. The number of carbonyl (C=O) groups excluding carboxylic acids is 1. The predicted molar refractivity (Wildman–Crippen MR) is 73.9 cm³/mol. The Balaban J connectivity index is 2.44. The molecule has 0 bridgehead atoms. The third-order valence-corrected chi connectivity index (χ3v) is 2.75. The summed E-state index contributed by atoms with van der Waals surface area (Å²) in [5.74, 6) is 0.133. The van der Waals surface area contributed by atoms with E-state index in [1.54, 1.807) is 13.0 Å². The number of amides is 2. The maximum Gasteiger partial charge on any atom is 0.319 e. The third kappa shape index (κ3) is 5.97. The van der Waals surface area contributed by atoms with Crippen LogP contribution in [0, 0.1) is 5.92 Å². The lowest BCUT2D eigenvalue weighted by molar-refractivity contribution is 0.151. The van der Waals surface area contributed by atoms with Crippen LogP contribution in [0.4, 0.5) is 19.3 Å². The Kier molecular flexibility index (Phi) is 6.38. The number of anilines is 1. The maximum atomic E-state index is 12.5. The fourth-order valence-corrected chi connectivity index (χ4v) is 1.86. The zero-order chi connectivity index (χ0) is 15.1. The number of hydrogen-bond acceptors (Lipinski definition) is 2. The summed E-state index contributed by atoms with van der Waals surface area (Å²) in [4.78, 5) is 11.6. The van der Waals surface area contributed by atoms with Gasteiger partial charge in [0.15, 0.2) is 0 Å². The second kappa shape index (κ2) is 7.79. The van der Waals surface area contributed by atoms with Crippen molar-refractivity contribution in [3.63, 3.8) is 0 Å². The van der Waals surface area contributed by atoms with Crippen molar-refractivity contribution >= 4 is 11.7 Å². The maximum absolute atomic E-state index is 12.5. The standard InChI is InChI=1S/C14H20F2N2O2/c1-9(6-10(2)19)8-17-14(20)18-12-5-3-4-11(7-12)13(15)16/h3-5,7,9-10,13,19H,6,8H2,1-2H3,(H2,17,18,20)/t9-,10+/m1/s1. The van der Waals surface area contributed by atoms with Gasteiger partial charge in [-0.2, -0.15) is 0 Å². The van der Waals surface area contributed by atoms with Crippen LogP contribution in [0.2, 0.25) is 0 Å². The number of alkyl halides is 2. The van der Waals surface area contributed by atoms with Gasteiger partial charge in [-0.3, -0.25) is 0 Å². The highest BCUT2D eigenvalue weighted by atomic mass is 19.3. The van der Waals surface area contributed by atoms with E-state index in [0.29, 0.717) is 18.7 Å². The van der Waals surface area contributed by atoms with Crippen molar-refractivity contribution < 1.29 is 18.7 Å². The Labute approximate surface area is 117 Å². The van der Waals surface area contributed by atoms with Gasteiger partial charge in [0.05, 0.1) is 6.10 Å². The SMILES string of the molecule is C[C@@H](CNC(=O)Nc1cccc(C(F)F)c1)C[C@H](C)O. The van der Waals surface area contributed by atoms with Crippen molar-refractivity contribution in [2.75, 3.05) is 11.9 Å². The van der Waals surface area contributed by atoms with Crippen LogP contribution in [-0.2, 0) is 0 Å². The number of nitrogens with one attached hydrogen (secondary N) is 2. The molecule has 0 fully saturated rings. The molecule has 0 aliphatic heterocycles. The first-order valence-electron chi connectivity index (χ1n) is 6.49. The molecule has 1 aromatic carbocycles. The largest absolute Gasteiger partial charge is 0.393 e. The Morgan fingerprint density at radius 1 is 1.35 bits per heavy atom. The summed E-state index contributed by atoms with van der Waals surface area (Å²) >= 11 is 0. The molecule has 20 heavy (non-hydrogen) atoms. The molecule has 0 aromatic heterocycles. The normalized spacial score (nSPS) is 13.9. The Bertz CT molecular complexity index is 439. The molecule has 0 radical (unpaired) electrons. The molecule has 2 atom stereocenters. The van der Waals surface area contributed by atoms with Gasteiger partial charge >= 0.3 is 6.03 Å². The highest BCUT2D eigenvalue weighted by Crippen LogP contribution is 2.21. The second-order valence-electron chi connectivity index (χ2n) is 4.95. The average molecular weight is 286 g/mol. The average Bonchev–Trinajstić information content (AvgIpc) is 2.36. The zero-order valence-electron chi connectivity index (χ0n) is 11.6. The first-order valence-corrected chi connectivity index (χ1v) is 6.49. The van der Waals surface area contributed by atoms with Crippen LogP contribution < -0.4 is 10.6 Å². The lowest BCUT2D eigenvalue weighted by Crippen LogP contribution is -2.33. The number of hydrogen-bond donors (Lipinski definition) is 3. The van der Waals surface area contributed by atoms with Crippen molar-refractivity contribution in [1.29, 1.82) is 0 Å². The number of aliphatic hydroxyl groups is 1. The van der Waals surface area contributed by atoms with Gasteiger partial charge in [0.2, 0.25) is 0 Å². The van der Waals surface area contributed by atoms with Crippen molar-refractivity contribution in [2.45, 2.75) is 32.8 Å². The van der Waals surface area contributed by atoms with E-state index in [1.165, 1.54) is 18.2 Å². The lowest BCUT2D eigenvalue weighted by Gasteiger charge is -2.14. The van der Waals surface area contributed by atoms with Gasteiger partial charge in [0.1, 0.15) is 0 Å². The van der Waals surface area contributed by atoms with Crippen LogP contribution in [-0.4, -0.2) is 23.8 Å². The fourth-order valence-electron chi connectivity index (χ4n) is 1.86. The van der Waals surface area contributed by atoms with E-state index in [0.717, 1.165) is 0 Å². The van der Waals surface area contributed by atoms with Crippen molar-refractivity contribution in [2.24, 2.45) is 5.92 Å². The van der Waals surface area contributed by atoms with Crippen LogP contribution >= 0.6 is 0 Å². The molecule has 1 aromatic rings. The summed E-state index contributed by atoms with van der Waals surface area (Å²) in [6.45, 7) is 4.00. The molecular weight excluding hydrogens is 266 g/mol. The molecule has 0 aliphatic carbocycles. The lowest BCUT2D eigenvalue weighted by atomic mass is 10.1. The smallest absolute Gasteiger partial charge is 0.319 e. The summed E-state index contributed by atoms with van der Waals surface area (Å²) in [6, 6.07) is 5.11. The number of benzene rings is 1. The van der Waals surface area contributed by atoms with Crippen molar-refractivity contribution in [3.8, 4) is 0 Å². The predicted octanol–water partition coefficient (Wildman–Crippen LogP) is 3.15. The molecule has 0 spiro atoms. The number of urea groups is 1. The van der Waals surface area contributed by atoms with E-state index in [-0.39, 0.29) is 11.5 Å². The first kappa shape index (κ1) is 16.4. The Morgan fingerprint density at radius 2 is 2.05 bits per heavy atom. The zero-order valence-corrected chi connectivity index (χ0v) is 11.6. The highest BCUT2D eigenvalue weighted by Gasteiger charge is 2.10. The molecule has 112 valence electrons.